The average molecular weight is 303 g/mol. The van der Waals surface area contributed by atoms with Gasteiger partial charge < -0.3 is 4.57 Å². The fourth-order valence-electron chi connectivity index (χ4n) is 2.49. The van der Waals surface area contributed by atoms with E-state index in [9.17, 15) is 4.79 Å². The minimum Gasteiger partial charge on any atom is -0.314 e. The lowest BCUT2D eigenvalue weighted by molar-refractivity contribution is 0.101. The summed E-state index contributed by atoms with van der Waals surface area (Å²) < 4.78 is 1.99. The first-order chi connectivity index (χ1) is 11.1. The van der Waals surface area contributed by atoms with Crippen molar-refractivity contribution in [3.63, 3.8) is 0 Å². The molecule has 0 aliphatic heterocycles. The Labute approximate surface area is 135 Å². The molecule has 0 bridgehead atoms. The highest BCUT2D eigenvalue weighted by Crippen LogP contribution is 2.23. The van der Waals surface area contributed by atoms with E-state index in [1.165, 1.54) is 0 Å². The standard InChI is InChI=1S/C19H17N3O/c1-14-19(15(2)23)12-18(6-4-3-5-11-20)22(14)17-9-7-16(13-21)8-10-17/h4,6-10,12H,3,5H2,1-2H3. The molecule has 1 aromatic carbocycles. The van der Waals surface area contributed by atoms with Gasteiger partial charge in [0.2, 0.25) is 0 Å². The molecule has 0 atom stereocenters. The Morgan fingerprint density at radius 2 is 1.96 bits per heavy atom. The van der Waals surface area contributed by atoms with E-state index in [-0.39, 0.29) is 5.78 Å². The van der Waals surface area contributed by atoms with Gasteiger partial charge in [0, 0.05) is 29.1 Å². The Kier molecular flexibility index (Phi) is 5.12. The molecule has 1 heterocycles. The molecule has 0 saturated carbocycles. The van der Waals surface area contributed by atoms with Crippen LogP contribution in [0.3, 0.4) is 0 Å². The van der Waals surface area contributed by atoms with Crippen LogP contribution < -0.4 is 0 Å². The van der Waals surface area contributed by atoms with Crippen LogP contribution in [-0.2, 0) is 0 Å². The van der Waals surface area contributed by atoms with Crippen molar-refractivity contribution in [1.29, 1.82) is 10.5 Å². The SMILES string of the molecule is CC(=O)c1cc(C=CCCC#N)n(-c2ccc(C#N)cc2)c1C. The normalized spacial score (nSPS) is 10.4. The molecule has 2 aromatic rings. The van der Waals surface area contributed by atoms with E-state index in [2.05, 4.69) is 12.1 Å². The number of aromatic nitrogens is 1. The minimum atomic E-state index is 0.0153. The third kappa shape index (κ3) is 3.56. The number of rotatable bonds is 5. The van der Waals surface area contributed by atoms with Crippen molar-refractivity contribution >= 4 is 11.9 Å². The number of hydrogen-bond acceptors (Lipinski definition) is 3. The zero-order chi connectivity index (χ0) is 16.8. The maximum absolute atomic E-state index is 11.8. The van der Waals surface area contributed by atoms with E-state index in [1.807, 2.05) is 41.8 Å². The first-order valence-corrected chi connectivity index (χ1v) is 7.35. The summed E-state index contributed by atoms with van der Waals surface area (Å²) in [4.78, 5) is 11.8. The number of nitrogens with zero attached hydrogens (tertiary/aromatic N) is 3. The first kappa shape index (κ1) is 16.3. The molecule has 2 rings (SSSR count). The van der Waals surface area contributed by atoms with E-state index in [4.69, 9.17) is 10.5 Å². The summed E-state index contributed by atoms with van der Waals surface area (Å²) >= 11 is 0. The van der Waals surface area contributed by atoms with Gasteiger partial charge in [0.1, 0.15) is 0 Å². The quantitative estimate of drug-likeness (QED) is 0.614. The second-order valence-electron chi connectivity index (χ2n) is 5.22. The lowest BCUT2D eigenvalue weighted by Crippen LogP contribution is -2.01. The summed E-state index contributed by atoms with van der Waals surface area (Å²) in [6.45, 7) is 3.45. The topological polar surface area (TPSA) is 69.6 Å². The number of allylic oxidation sites excluding steroid dienone is 1. The average Bonchev–Trinajstić information content (AvgIpc) is 2.88. The van der Waals surface area contributed by atoms with Crippen LogP contribution in [0, 0.1) is 29.6 Å². The summed E-state index contributed by atoms with van der Waals surface area (Å²) in [6.07, 6.45) is 4.99. The predicted octanol–water partition coefficient (Wildman–Crippen LogP) is 4.18. The zero-order valence-corrected chi connectivity index (χ0v) is 13.2. The fourth-order valence-corrected chi connectivity index (χ4v) is 2.49. The van der Waals surface area contributed by atoms with Gasteiger partial charge in [-0.25, -0.2) is 0 Å². The van der Waals surface area contributed by atoms with E-state index in [1.54, 1.807) is 19.1 Å². The largest absolute Gasteiger partial charge is 0.314 e. The van der Waals surface area contributed by atoms with Gasteiger partial charge in [-0.3, -0.25) is 4.79 Å². The molecule has 4 heteroatoms. The summed E-state index contributed by atoms with van der Waals surface area (Å²) in [6, 6.07) is 13.3. The van der Waals surface area contributed by atoms with Crippen LogP contribution in [0.25, 0.3) is 11.8 Å². The van der Waals surface area contributed by atoms with Gasteiger partial charge in [-0.1, -0.05) is 6.08 Å². The molecular weight excluding hydrogens is 286 g/mol. The van der Waals surface area contributed by atoms with Crippen molar-refractivity contribution in [2.75, 3.05) is 0 Å². The molecule has 114 valence electrons. The van der Waals surface area contributed by atoms with Crippen LogP contribution >= 0.6 is 0 Å². The van der Waals surface area contributed by atoms with Gasteiger partial charge in [0.15, 0.2) is 5.78 Å². The molecule has 0 saturated heterocycles. The second kappa shape index (κ2) is 7.24. The Balaban J connectivity index is 2.50. The van der Waals surface area contributed by atoms with E-state index in [0.29, 0.717) is 24.0 Å². The molecule has 0 spiro atoms. The molecule has 0 N–H and O–H groups in total. The highest BCUT2D eigenvalue weighted by atomic mass is 16.1. The molecule has 23 heavy (non-hydrogen) atoms. The molecule has 0 aliphatic carbocycles. The van der Waals surface area contributed by atoms with Gasteiger partial charge in [-0.2, -0.15) is 10.5 Å². The first-order valence-electron chi connectivity index (χ1n) is 7.35. The van der Waals surface area contributed by atoms with Crippen LogP contribution in [0.4, 0.5) is 0 Å². The molecule has 1 aromatic heterocycles. The van der Waals surface area contributed by atoms with Crippen LogP contribution in [0.5, 0.6) is 0 Å². The molecule has 0 fully saturated rings. The Bertz CT molecular complexity index is 827. The summed E-state index contributed by atoms with van der Waals surface area (Å²) in [5.41, 5.74) is 3.91. The number of unbranched alkanes of at least 4 members (excludes halogenated alkanes) is 1. The maximum atomic E-state index is 11.8. The number of carbonyl (C=O) groups is 1. The molecular formula is C19H17N3O. The zero-order valence-electron chi connectivity index (χ0n) is 13.2. The molecule has 0 aliphatic rings. The molecule has 4 nitrogen and oxygen atoms in total. The predicted molar refractivity (Wildman–Crippen MR) is 89.1 cm³/mol. The summed E-state index contributed by atoms with van der Waals surface area (Å²) in [5, 5.41) is 17.5. The maximum Gasteiger partial charge on any atom is 0.161 e. The van der Waals surface area contributed by atoms with Crippen molar-refractivity contribution in [1.82, 2.24) is 4.57 Å². The number of carbonyl (C=O) groups excluding carboxylic acids is 1. The second-order valence-corrected chi connectivity index (χ2v) is 5.22. The van der Waals surface area contributed by atoms with Crippen molar-refractivity contribution < 1.29 is 4.79 Å². The van der Waals surface area contributed by atoms with Gasteiger partial charge in [-0.15, -0.1) is 0 Å². The Hall–Kier alpha value is -3.11. The van der Waals surface area contributed by atoms with Crippen LogP contribution in [0.15, 0.2) is 36.4 Å². The van der Waals surface area contributed by atoms with Crippen molar-refractivity contribution in [3.8, 4) is 17.8 Å². The van der Waals surface area contributed by atoms with E-state index in [0.717, 1.165) is 17.1 Å². The van der Waals surface area contributed by atoms with Gasteiger partial charge in [-0.05, 0) is 56.7 Å². The highest BCUT2D eigenvalue weighted by molar-refractivity contribution is 5.96. The summed E-state index contributed by atoms with van der Waals surface area (Å²) in [7, 11) is 0. The number of nitriles is 2. The van der Waals surface area contributed by atoms with Gasteiger partial charge >= 0.3 is 0 Å². The number of benzene rings is 1. The molecule has 0 radical (unpaired) electrons. The van der Waals surface area contributed by atoms with E-state index >= 15 is 0 Å². The Morgan fingerprint density at radius 3 is 2.52 bits per heavy atom. The fraction of sp³-hybridized carbons (Fsp3) is 0.211. The lowest BCUT2D eigenvalue weighted by atomic mass is 10.2. The lowest BCUT2D eigenvalue weighted by Gasteiger charge is -2.10. The smallest absolute Gasteiger partial charge is 0.161 e. The van der Waals surface area contributed by atoms with Crippen molar-refractivity contribution in [2.45, 2.75) is 26.7 Å². The van der Waals surface area contributed by atoms with Gasteiger partial charge in [0.25, 0.3) is 0 Å². The summed E-state index contributed by atoms with van der Waals surface area (Å²) in [5.74, 6) is 0.0153. The molecule has 0 amide bonds. The minimum absolute atomic E-state index is 0.0153. The highest BCUT2D eigenvalue weighted by Gasteiger charge is 2.14. The Morgan fingerprint density at radius 1 is 1.26 bits per heavy atom. The number of hydrogen-bond donors (Lipinski definition) is 0. The molecule has 0 unspecified atom stereocenters. The number of ketones is 1. The third-order valence-electron chi connectivity index (χ3n) is 3.62. The van der Waals surface area contributed by atoms with Crippen molar-refractivity contribution in [2.24, 2.45) is 0 Å². The monoisotopic (exact) mass is 303 g/mol. The number of Topliss-reactive ketones (excluding diaryl/α,β-unsaturated/α-hetero) is 1. The van der Waals surface area contributed by atoms with E-state index < -0.39 is 0 Å². The van der Waals surface area contributed by atoms with Crippen LogP contribution in [-0.4, -0.2) is 10.4 Å². The van der Waals surface area contributed by atoms with Crippen molar-refractivity contribution in [3.05, 3.63) is 58.9 Å². The van der Waals surface area contributed by atoms with Gasteiger partial charge in [0.05, 0.1) is 17.7 Å². The van der Waals surface area contributed by atoms with Crippen LogP contribution in [0.2, 0.25) is 0 Å². The van der Waals surface area contributed by atoms with Crippen LogP contribution in [0.1, 0.15) is 47.1 Å². The third-order valence-corrected chi connectivity index (χ3v) is 3.62.